The van der Waals surface area contributed by atoms with Crippen molar-refractivity contribution >= 4 is 27.5 Å². The fourth-order valence-corrected chi connectivity index (χ4v) is 6.93. The van der Waals surface area contributed by atoms with Crippen LogP contribution in [0.15, 0.2) is 23.3 Å². The Bertz CT molecular complexity index is 661. The van der Waals surface area contributed by atoms with Gasteiger partial charge in [-0.25, -0.2) is 0 Å². The third kappa shape index (κ3) is 2.19. The Balaban J connectivity index is 1.66. The first-order chi connectivity index (χ1) is 11.4. The molecule has 0 radical (unpaired) electrons. The molecular weight excluding hydrogens is 364 g/mol. The summed E-state index contributed by atoms with van der Waals surface area (Å²) in [5.41, 5.74) is 2.81. The lowest BCUT2D eigenvalue weighted by Crippen LogP contribution is -2.50. The summed E-state index contributed by atoms with van der Waals surface area (Å²) in [4.78, 5) is 24.3. The zero-order chi connectivity index (χ0) is 17.1. The summed E-state index contributed by atoms with van der Waals surface area (Å²) in [6.45, 7) is 4.75. The molecule has 0 aromatic carbocycles. The van der Waals surface area contributed by atoms with Crippen LogP contribution < -0.4 is 0 Å². The van der Waals surface area contributed by atoms with Gasteiger partial charge in [0.05, 0.1) is 5.33 Å². The molecule has 0 aromatic rings. The molecule has 0 N–H and O–H groups in total. The number of alkyl halides is 1. The molecule has 2 fully saturated rings. The number of Topliss-reactive ketones (excluding diaryl/α,β-unsaturated/α-hetero) is 1. The quantitative estimate of drug-likeness (QED) is 0.620. The number of allylic oxidation sites excluding steroid dienone is 4. The zero-order valence-corrected chi connectivity index (χ0v) is 16.3. The number of hydrogen-bond donors (Lipinski definition) is 0. The molecule has 24 heavy (non-hydrogen) atoms. The predicted molar refractivity (Wildman–Crippen MR) is 99.0 cm³/mol. The van der Waals surface area contributed by atoms with Gasteiger partial charge in [-0.05, 0) is 78.8 Å². The van der Waals surface area contributed by atoms with Crippen molar-refractivity contribution in [3.63, 3.8) is 0 Å². The molecule has 2 nitrogen and oxygen atoms in total. The molecule has 4 rings (SSSR count). The van der Waals surface area contributed by atoms with Crippen LogP contribution in [0.1, 0.15) is 58.8 Å². The van der Waals surface area contributed by atoms with Crippen LogP contribution in [0.5, 0.6) is 0 Å². The van der Waals surface area contributed by atoms with Gasteiger partial charge in [0.25, 0.3) is 0 Å². The van der Waals surface area contributed by atoms with Crippen molar-refractivity contribution in [3.8, 4) is 0 Å². The summed E-state index contributed by atoms with van der Waals surface area (Å²) in [6.07, 6.45) is 11.6. The predicted octanol–water partition coefficient (Wildman–Crippen LogP) is 5.02. The average Bonchev–Trinajstić information content (AvgIpc) is 2.92. The highest BCUT2D eigenvalue weighted by Crippen LogP contribution is 2.65. The Morgan fingerprint density at radius 2 is 1.96 bits per heavy atom. The normalized spacial score (nSPS) is 44.1. The molecule has 0 bridgehead atoms. The second kappa shape index (κ2) is 5.65. The van der Waals surface area contributed by atoms with Crippen LogP contribution in [0.2, 0.25) is 0 Å². The molecule has 0 unspecified atom stereocenters. The van der Waals surface area contributed by atoms with E-state index < -0.39 is 0 Å². The van der Waals surface area contributed by atoms with E-state index in [0.29, 0.717) is 28.9 Å². The van der Waals surface area contributed by atoms with Gasteiger partial charge in [-0.1, -0.05) is 41.4 Å². The second-order valence-electron chi connectivity index (χ2n) is 8.84. The number of rotatable bonds is 2. The molecule has 0 aromatic heterocycles. The van der Waals surface area contributed by atoms with Crippen LogP contribution in [-0.4, -0.2) is 16.9 Å². The van der Waals surface area contributed by atoms with Crippen molar-refractivity contribution in [2.45, 2.75) is 58.8 Å². The fraction of sp³-hybridized carbons (Fsp3) is 0.714. The summed E-state index contributed by atoms with van der Waals surface area (Å²) in [5.74, 6) is 2.62. The zero-order valence-electron chi connectivity index (χ0n) is 14.7. The standard InChI is InChI=1S/C21H27BrO2/c1-20-9-7-14(23)11-13(20)3-4-15-16-5-6-18(19(24)12-22)21(16,2)10-8-17(15)20/h6,11,15-17H,3-5,7-10,12H2,1-2H3/t15-,16-,17-,20-,21-/m0/s1. The van der Waals surface area contributed by atoms with Crippen LogP contribution in [0.4, 0.5) is 0 Å². The fourth-order valence-electron chi connectivity index (χ4n) is 6.63. The monoisotopic (exact) mass is 390 g/mol. The summed E-state index contributed by atoms with van der Waals surface area (Å²) in [7, 11) is 0. The highest BCUT2D eigenvalue weighted by molar-refractivity contribution is 9.09. The van der Waals surface area contributed by atoms with Crippen molar-refractivity contribution in [1.29, 1.82) is 0 Å². The molecule has 3 heteroatoms. The van der Waals surface area contributed by atoms with E-state index >= 15 is 0 Å². The Morgan fingerprint density at radius 1 is 1.17 bits per heavy atom. The number of ketones is 2. The van der Waals surface area contributed by atoms with E-state index in [-0.39, 0.29) is 16.6 Å². The highest BCUT2D eigenvalue weighted by atomic mass is 79.9. The minimum atomic E-state index is 0.0775. The maximum absolute atomic E-state index is 12.4. The van der Waals surface area contributed by atoms with E-state index in [2.05, 4.69) is 35.9 Å². The van der Waals surface area contributed by atoms with Crippen LogP contribution in [0.25, 0.3) is 0 Å². The van der Waals surface area contributed by atoms with Crippen molar-refractivity contribution in [2.24, 2.45) is 28.6 Å². The summed E-state index contributed by atoms with van der Waals surface area (Å²) < 4.78 is 0. The van der Waals surface area contributed by atoms with Crippen molar-refractivity contribution < 1.29 is 9.59 Å². The Morgan fingerprint density at radius 3 is 2.71 bits per heavy atom. The van der Waals surface area contributed by atoms with Gasteiger partial charge < -0.3 is 0 Å². The molecule has 0 amide bonds. The van der Waals surface area contributed by atoms with Crippen molar-refractivity contribution in [3.05, 3.63) is 23.3 Å². The molecule has 4 aliphatic rings. The molecular formula is C21H27BrO2. The first-order valence-corrected chi connectivity index (χ1v) is 10.6. The molecule has 5 atom stereocenters. The lowest BCUT2D eigenvalue weighted by molar-refractivity contribution is -0.118. The smallest absolute Gasteiger partial charge is 0.169 e. The average molecular weight is 391 g/mol. The number of carbonyl (C=O) groups is 2. The molecule has 0 aliphatic heterocycles. The molecule has 0 heterocycles. The van der Waals surface area contributed by atoms with Gasteiger partial charge in [0.2, 0.25) is 0 Å². The molecule has 0 spiro atoms. The minimum Gasteiger partial charge on any atom is -0.295 e. The van der Waals surface area contributed by atoms with Gasteiger partial charge in [0.15, 0.2) is 11.6 Å². The van der Waals surface area contributed by atoms with Gasteiger partial charge in [-0.15, -0.1) is 0 Å². The largest absolute Gasteiger partial charge is 0.295 e. The van der Waals surface area contributed by atoms with Gasteiger partial charge in [0, 0.05) is 6.42 Å². The van der Waals surface area contributed by atoms with Crippen LogP contribution >= 0.6 is 15.9 Å². The molecule has 4 aliphatic carbocycles. The molecule has 0 saturated heterocycles. The first-order valence-electron chi connectivity index (χ1n) is 9.44. The van der Waals surface area contributed by atoms with E-state index in [4.69, 9.17) is 0 Å². The topological polar surface area (TPSA) is 34.1 Å². The minimum absolute atomic E-state index is 0.0775. The number of hydrogen-bond acceptors (Lipinski definition) is 2. The van der Waals surface area contributed by atoms with Crippen LogP contribution in [0, 0.1) is 28.6 Å². The van der Waals surface area contributed by atoms with E-state index in [0.717, 1.165) is 37.7 Å². The summed E-state index contributed by atoms with van der Waals surface area (Å²) in [5, 5.41) is 0.446. The lowest BCUT2D eigenvalue weighted by atomic mass is 9.47. The lowest BCUT2D eigenvalue weighted by Gasteiger charge is -2.57. The van der Waals surface area contributed by atoms with Gasteiger partial charge in [0.1, 0.15) is 0 Å². The van der Waals surface area contributed by atoms with Crippen LogP contribution in [-0.2, 0) is 9.59 Å². The van der Waals surface area contributed by atoms with Crippen molar-refractivity contribution in [1.82, 2.24) is 0 Å². The maximum Gasteiger partial charge on any atom is 0.169 e. The summed E-state index contributed by atoms with van der Waals surface area (Å²) in [6, 6.07) is 0. The third-order valence-electron chi connectivity index (χ3n) is 7.96. The SMILES string of the molecule is C[C@]12CCC(=O)C=C1CC[C@@H]1[C@@H]2CC[C@]2(C)C(C(=O)CBr)=CC[C@@H]12. The number of fused-ring (bicyclic) bond motifs is 5. The maximum atomic E-state index is 12.4. The third-order valence-corrected chi connectivity index (χ3v) is 8.47. The summed E-state index contributed by atoms with van der Waals surface area (Å²) >= 11 is 3.36. The van der Waals surface area contributed by atoms with E-state index in [1.807, 2.05) is 6.08 Å². The van der Waals surface area contributed by atoms with Gasteiger partial charge in [-0.3, -0.25) is 9.59 Å². The van der Waals surface area contributed by atoms with Crippen LogP contribution in [0.3, 0.4) is 0 Å². The highest BCUT2D eigenvalue weighted by Gasteiger charge is 2.57. The molecule has 2 saturated carbocycles. The second-order valence-corrected chi connectivity index (χ2v) is 9.40. The van der Waals surface area contributed by atoms with Crippen molar-refractivity contribution in [2.75, 3.05) is 5.33 Å². The Labute approximate surface area is 153 Å². The number of halogens is 1. The number of carbonyl (C=O) groups excluding carboxylic acids is 2. The Kier molecular flexibility index (Phi) is 3.95. The first kappa shape index (κ1) is 16.8. The molecule has 130 valence electrons. The van der Waals surface area contributed by atoms with E-state index in [1.165, 1.54) is 18.4 Å². The Hall–Kier alpha value is -0.700. The van der Waals surface area contributed by atoms with Gasteiger partial charge >= 0.3 is 0 Å². The van der Waals surface area contributed by atoms with E-state index in [1.54, 1.807) is 0 Å². The van der Waals surface area contributed by atoms with Gasteiger partial charge in [-0.2, -0.15) is 0 Å². The van der Waals surface area contributed by atoms with E-state index in [9.17, 15) is 9.59 Å².